The highest BCUT2D eigenvalue weighted by molar-refractivity contribution is 5.68. The normalized spacial score (nSPS) is 11.7. The van der Waals surface area contributed by atoms with E-state index in [1.54, 1.807) is 12.1 Å². The first-order valence-electron chi connectivity index (χ1n) is 10.0. The maximum absolute atomic E-state index is 12.8. The van der Waals surface area contributed by atoms with Gasteiger partial charge in [0.25, 0.3) is 0 Å². The van der Waals surface area contributed by atoms with E-state index in [0.717, 1.165) is 24.4 Å². The third-order valence-corrected chi connectivity index (χ3v) is 4.49. The Balaban J connectivity index is 1.49. The van der Waals surface area contributed by atoms with Crippen LogP contribution in [0.4, 0.5) is 43.8 Å². The first kappa shape index (κ1) is 24.6. The van der Waals surface area contributed by atoms with Crippen molar-refractivity contribution in [2.24, 2.45) is 0 Å². The van der Waals surface area contributed by atoms with Gasteiger partial charge in [-0.2, -0.15) is 18.2 Å². The molecule has 7 nitrogen and oxygen atoms in total. The number of hydrogen-bond acceptors (Lipinski definition) is 7. The summed E-state index contributed by atoms with van der Waals surface area (Å²) in [4.78, 5) is 11.4. The summed E-state index contributed by atoms with van der Waals surface area (Å²) in [5.74, 6) is -0.0708. The molecule has 0 atom stereocenters. The first-order valence-corrected chi connectivity index (χ1v) is 10.0. The largest absolute Gasteiger partial charge is 0.573 e. The lowest BCUT2D eigenvalue weighted by molar-refractivity contribution is -0.274. The fraction of sp³-hybridized carbons (Fsp3) is 0.0870. The molecule has 3 N–H and O–H groups in total. The summed E-state index contributed by atoms with van der Waals surface area (Å²) in [6, 6.07) is 15.0. The molecule has 0 fully saturated rings. The van der Waals surface area contributed by atoms with Gasteiger partial charge in [0.1, 0.15) is 28.8 Å². The number of hydrogen-bond donors (Lipinski definition) is 2. The predicted octanol–water partition coefficient (Wildman–Crippen LogP) is 6.57. The van der Waals surface area contributed by atoms with E-state index in [1.807, 2.05) is 0 Å². The molecule has 0 saturated heterocycles. The fourth-order valence-electron chi connectivity index (χ4n) is 3.05. The summed E-state index contributed by atoms with van der Waals surface area (Å²) in [7, 11) is 0. The molecule has 0 amide bonds. The molecular weight excluding hydrogens is 492 g/mol. The van der Waals surface area contributed by atoms with Crippen LogP contribution in [0.2, 0.25) is 0 Å². The van der Waals surface area contributed by atoms with Crippen molar-refractivity contribution in [2.45, 2.75) is 12.5 Å². The highest BCUT2D eigenvalue weighted by Crippen LogP contribution is 2.32. The topological polar surface area (TPSA) is 95.2 Å². The number of ether oxygens (including phenoxy) is 2. The number of nitrogen functional groups attached to an aromatic ring is 1. The quantitative estimate of drug-likeness (QED) is 0.285. The summed E-state index contributed by atoms with van der Waals surface area (Å²) in [5.41, 5.74) is 5.77. The molecule has 0 spiro atoms. The van der Waals surface area contributed by atoms with Gasteiger partial charge in [-0.1, -0.05) is 12.1 Å². The van der Waals surface area contributed by atoms with E-state index in [1.165, 1.54) is 36.4 Å². The van der Waals surface area contributed by atoms with Crippen molar-refractivity contribution in [3.8, 4) is 28.5 Å². The molecule has 0 unspecified atom stereocenters. The van der Waals surface area contributed by atoms with E-state index < -0.39 is 24.0 Å². The van der Waals surface area contributed by atoms with Crippen LogP contribution in [0.5, 0.6) is 17.2 Å². The molecule has 2 heterocycles. The van der Waals surface area contributed by atoms with E-state index in [2.05, 4.69) is 25.0 Å². The molecule has 36 heavy (non-hydrogen) atoms. The maximum atomic E-state index is 12.8. The molecule has 0 aliphatic carbocycles. The smallest absolute Gasteiger partial charge is 0.457 e. The van der Waals surface area contributed by atoms with E-state index in [4.69, 9.17) is 10.5 Å². The van der Waals surface area contributed by atoms with Crippen LogP contribution in [0.25, 0.3) is 11.3 Å². The van der Waals surface area contributed by atoms with Gasteiger partial charge in [0.2, 0.25) is 5.95 Å². The van der Waals surface area contributed by atoms with Crippen molar-refractivity contribution >= 4 is 17.5 Å². The van der Waals surface area contributed by atoms with Crippen LogP contribution >= 0.6 is 0 Å². The second-order valence-electron chi connectivity index (χ2n) is 7.20. The number of halogens is 6. The van der Waals surface area contributed by atoms with Crippen molar-refractivity contribution in [3.63, 3.8) is 0 Å². The van der Waals surface area contributed by atoms with Crippen LogP contribution in [0.3, 0.4) is 0 Å². The Kier molecular flexibility index (Phi) is 6.55. The van der Waals surface area contributed by atoms with Gasteiger partial charge in [0.05, 0.1) is 5.69 Å². The van der Waals surface area contributed by atoms with Gasteiger partial charge in [0.15, 0.2) is 0 Å². The van der Waals surface area contributed by atoms with Crippen LogP contribution < -0.4 is 20.5 Å². The summed E-state index contributed by atoms with van der Waals surface area (Å²) >= 11 is 0. The van der Waals surface area contributed by atoms with Crippen molar-refractivity contribution < 1.29 is 35.8 Å². The monoisotopic (exact) mass is 507 g/mol. The Morgan fingerprint density at radius 2 is 1.53 bits per heavy atom. The van der Waals surface area contributed by atoms with Crippen LogP contribution in [-0.4, -0.2) is 21.3 Å². The lowest BCUT2D eigenvalue weighted by atomic mass is 10.1. The van der Waals surface area contributed by atoms with Gasteiger partial charge >= 0.3 is 12.5 Å². The molecule has 4 rings (SSSR count). The number of nitrogens with zero attached hydrogens (tertiary/aromatic N) is 3. The van der Waals surface area contributed by atoms with Crippen molar-refractivity contribution in [3.05, 3.63) is 78.6 Å². The molecule has 2 aromatic carbocycles. The van der Waals surface area contributed by atoms with Gasteiger partial charge in [-0.05, 0) is 42.5 Å². The Labute approximate surface area is 199 Å². The summed E-state index contributed by atoms with van der Waals surface area (Å²) < 4.78 is 85.4. The number of alkyl halides is 6. The maximum Gasteiger partial charge on any atom is 0.573 e. The van der Waals surface area contributed by atoms with Gasteiger partial charge in [-0.25, -0.2) is 4.98 Å². The number of benzene rings is 2. The fourth-order valence-corrected chi connectivity index (χ4v) is 3.05. The molecular formula is C23H15F6N5O2. The van der Waals surface area contributed by atoms with Crippen LogP contribution in [-0.2, 0) is 6.18 Å². The number of anilines is 3. The number of nitrogens with two attached hydrogens (primary N) is 1. The van der Waals surface area contributed by atoms with E-state index in [0.29, 0.717) is 11.3 Å². The summed E-state index contributed by atoms with van der Waals surface area (Å²) in [6.45, 7) is 0. The average molecular weight is 507 g/mol. The molecule has 0 aliphatic rings. The molecule has 186 valence electrons. The van der Waals surface area contributed by atoms with Crippen molar-refractivity contribution in [2.75, 3.05) is 11.1 Å². The molecule has 0 saturated carbocycles. The van der Waals surface area contributed by atoms with Gasteiger partial charge < -0.3 is 20.5 Å². The number of nitrogens with one attached hydrogen (secondary N) is 1. The summed E-state index contributed by atoms with van der Waals surface area (Å²) in [5, 5.41) is 2.97. The van der Waals surface area contributed by atoms with Crippen LogP contribution in [0, 0.1) is 0 Å². The van der Waals surface area contributed by atoms with Crippen LogP contribution in [0.1, 0.15) is 5.69 Å². The third-order valence-electron chi connectivity index (χ3n) is 4.49. The molecule has 13 heteroatoms. The van der Waals surface area contributed by atoms with E-state index in [9.17, 15) is 26.3 Å². The Morgan fingerprint density at radius 3 is 2.22 bits per heavy atom. The highest BCUT2D eigenvalue weighted by Gasteiger charge is 2.33. The minimum absolute atomic E-state index is 0.0389. The molecule has 0 aliphatic heterocycles. The number of pyridine rings is 1. The summed E-state index contributed by atoms with van der Waals surface area (Å²) in [6.07, 6.45) is -8.45. The lowest BCUT2D eigenvalue weighted by Gasteiger charge is -2.12. The zero-order chi connectivity index (χ0) is 25.9. The van der Waals surface area contributed by atoms with Crippen LogP contribution in [0.15, 0.2) is 72.9 Å². The zero-order valence-electron chi connectivity index (χ0n) is 17.9. The molecule has 2 aromatic heterocycles. The number of aromatic nitrogens is 3. The minimum atomic E-state index is -4.84. The predicted molar refractivity (Wildman–Crippen MR) is 118 cm³/mol. The second kappa shape index (κ2) is 9.60. The zero-order valence-corrected chi connectivity index (χ0v) is 17.9. The Hall–Kier alpha value is -4.55. The third kappa shape index (κ3) is 6.52. The lowest BCUT2D eigenvalue weighted by Crippen LogP contribution is -2.17. The van der Waals surface area contributed by atoms with Gasteiger partial charge in [-0.3, -0.25) is 4.98 Å². The number of rotatable bonds is 6. The van der Waals surface area contributed by atoms with E-state index in [-0.39, 0.29) is 29.0 Å². The van der Waals surface area contributed by atoms with Crippen molar-refractivity contribution in [1.29, 1.82) is 0 Å². The van der Waals surface area contributed by atoms with Gasteiger partial charge in [0, 0.05) is 29.6 Å². The molecule has 0 radical (unpaired) electrons. The SMILES string of the molecule is Nc1nc(Nc2ccc(Oc3ccnc(C(F)(F)F)c3)cc2)cc(-c2cccc(OC(F)(F)F)c2)n1. The minimum Gasteiger partial charge on any atom is -0.457 e. The average Bonchev–Trinajstić information content (AvgIpc) is 2.79. The molecule has 0 bridgehead atoms. The Morgan fingerprint density at radius 1 is 0.778 bits per heavy atom. The first-order chi connectivity index (χ1) is 16.9. The second-order valence-corrected chi connectivity index (χ2v) is 7.20. The van der Waals surface area contributed by atoms with Crippen molar-refractivity contribution in [1.82, 2.24) is 15.0 Å². The van der Waals surface area contributed by atoms with Gasteiger partial charge in [-0.15, -0.1) is 13.2 Å². The standard InChI is InChI=1S/C23H15F6N5O2/c24-22(25,26)19-11-16(8-9-31-19)35-15-6-4-14(5-7-15)32-20-12-18(33-21(30)34-20)13-2-1-3-17(10-13)36-23(27,28)29/h1-12H,(H3,30,32,33,34). The Bertz CT molecular complexity index is 1360. The molecule has 4 aromatic rings. The van der Waals surface area contributed by atoms with E-state index >= 15 is 0 Å². The highest BCUT2D eigenvalue weighted by atomic mass is 19.4.